The smallest absolute Gasteiger partial charge is 0.326 e. The Kier molecular flexibility index (Phi) is 3.97. The third kappa shape index (κ3) is 4.06. The molecule has 0 saturated heterocycles. The summed E-state index contributed by atoms with van der Waals surface area (Å²) >= 11 is 0. The molecule has 17 heavy (non-hydrogen) atoms. The summed E-state index contributed by atoms with van der Waals surface area (Å²) in [4.78, 5) is 29.4. The molecule has 1 rings (SSSR count). The van der Waals surface area contributed by atoms with Crippen LogP contribution >= 0.6 is 0 Å². The van der Waals surface area contributed by atoms with Crippen molar-refractivity contribution in [3.63, 3.8) is 0 Å². The number of aryl methyl sites for hydroxylation is 2. The molecule has 0 saturated carbocycles. The van der Waals surface area contributed by atoms with Gasteiger partial charge in [0.05, 0.1) is 6.42 Å². The van der Waals surface area contributed by atoms with Gasteiger partial charge in [0.1, 0.15) is 17.7 Å². The Balaban J connectivity index is 2.85. The van der Waals surface area contributed by atoms with Crippen LogP contribution in [0.1, 0.15) is 17.9 Å². The maximum Gasteiger partial charge on any atom is 0.326 e. The van der Waals surface area contributed by atoms with Gasteiger partial charge in [-0.2, -0.15) is 0 Å². The highest BCUT2D eigenvalue weighted by molar-refractivity contribution is 5.83. The number of carboxylic acids is 2. The number of aromatic nitrogens is 2. The van der Waals surface area contributed by atoms with Gasteiger partial charge in [0, 0.05) is 11.8 Å². The molecule has 0 bridgehead atoms. The van der Waals surface area contributed by atoms with Crippen LogP contribution in [0.4, 0.5) is 5.82 Å². The van der Waals surface area contributed by atoms with Gasteiger partial charge in [0.2, 0.25) is 0 Å². The average molecular weight is 239 g/mol. The van der Waals surface area contributed by atoms with E-state index in [2.05, 4.69) is 15.3 Å². The molecule has 1 atom stereocenters. The van der Waals surface area contributed by atoms with Crippen molar-refractivity contribution in [2.24, 2.45) is 0 Å². The number of rotatable bonds is 5. The summed E-state index contributed by atoms with van der Waals surface area (Å²) in [6, 6.07) is 0.353. The lowest BCUT2D eigenvalue weighted by atomic mass is 10.2. The highest BCUT2D eigenvalue weighted by Gasteiger charge is 2.21. The van der Waals surface area contributed by atoms with E-state index in [-0.39, 0.29) is 0 Å². The minimum Gasteiger partial charge on any atom is -0.481 e. The molecular formula is C10H13N3O4. The number of aliphatic carboxylic acids is 2. The molecule has 0 aliphatic rings. The molecular weight excluding hydrogens is 226 g/mol. The summed E-state index contributed by atoms with van der Waals surface area (Å²) < 4.78 is 0. The zero-order valence-corrected chi connectivity index (χ0v) is 9.47. The Bertz CT molecular complexity index is 427. The summed E-state index contributed by atoms with van der Waals surface area (Å²) in [5.41, 5.74) is 0.680. The summed E-state index contributed by atoms with van der Waals surface area (Å²) in [5, 5.41) is 20.0. The van der Waals surface area contributed by atoms with Gasteiger partial charge < -0.3 is 15.5 Å². The molecule has 1 heterocycles. The van der Waals surface area contributed by atoms with Gasteiger partial charge in [-0.1, -0.05) is 0 Å². The van der Waals surface area contributed by atoms with Crippen molar-refractivity contribution >= 4 is 17.8 Å². The summed E-state index contributed by atoms with van der Waals surface area (Å²) in [6.45, 7) is 3.41. The topological polar surface area (TPSA) is 112 Å². The van der Waals surface area contributed by atoms with Crippen LogP contribution in [0.15, 0.2) is 6.07 Å². The number of nitrogens with one attached hydrogen (secondary N) is 1. The van der Waals surface area contributed by atoms with Gasteiger partial charge in [-0.25, -0.2) is 14.8 Å². The van der Waals surface area contributed by atoms with E-state index in [0.717, 1.165) is 0 Å². The van der Waals surface area contributed by atoms with Crippen molar-refractivity contribution in [3.05, 3.63) is 17.6 Å². The van der Waals surface area contributed by atoms with Crippen molar-refractivity contribution in [2.75, 3.05) is 5.32 Å². The van der Waals surface area contributed by atoms with Gasteiger partial charge in [-0.15, -0.1) is 0 Å². The quantitative estimate of drug-likeness (QED) is 0.683. The summed E-state index contributed by atoms with van der Waals surface area (Å²) in [7, 11) is 0. The van der Waals surface area contributed by atoms with E-state index in [4.69, 9.17) is 10.2 Å². The molecule has 0 spiro atoms. The molecule has 7 heteroatoms. The van der Waals surface area contributed by atoms with Crippen molar-refractivity contribution < 1.29 is 19.8 Å². The zero-order chi connectivity index (χ0) is 13.0. The van der Waals surface area contributed by atoms with E-state index < -0.39 is 24.4 Å². The third-order valence-electron chi connectivity index (χ3n) is 1.96. The molecule has 0 fully saturated rings. The maximum absolute atomic E-state index is 10.8. The molecule has 0 aromatic carbocycles. The number of hydrogen-bond donors (Lipinski definition) is 3. The van der Waals surface area contributed by atoms with E-state index in [1.165, 1.54) is 0 Å². The molecule has 0 radical (unpaired) electrons. The van der Waals surface area contributed by atoms with Crippen LogP contribution in [-0.4, -0.2) is 38.2 Å². The van der Waals surface area contributed by atoms with E-state index in [1.807, 2.05) is 0 Å². The summed E-state index contributed by atoms with van der Waals surface area (Å²) in [6.07, 6.45) is -0.516. The maximum atomic E-state index is 10.8. The Hall–Kier alpha value is -2.18. The first-order valence-corrected chi connectivity index (χ1v) is 4.92. The number of anilines is 1. The van der Waals surface area contributed by atoms with Crippen molar-refractivity contribution in [1.82, 2.24) is 9.97 Å². The van der Waals surface area contributed by atoms with Crippen LogP contribution in [0.3, 0.4) is 0 Å². The Morgan fingerprint density at radius 1 is 1.35 bits per heavy atom. The lowest BCUT2D eigenvalue weighted by Gasteiger charge is -2.13. The van der Waals surface area contributed by atoms with Gasteiger partial charge >= 0.3 is 11.9 Å². The number of nitrogens with zero attached hydrogens (tertiary/aromatic N) is 2. The molecule has 3 N–H and O–H groups in total. The highest BCUT2D eigenvalue weighted by atomic mass is 16.4. The first-order valence-electron chi connectivity index (χ1n) is 4.92. The van der Waals surface area contributed by atoms with Crippen LogP contribution in [0.25, 0.3) is 0 Å². The van der Waals surface area contributed by atoms with Gasteiger partial charge in [-0.3, -0.25) is 4.79 Å². The van der Waals surface area contributed by atoms with E-state index >= 15 is 0 Å². The average Bonchev–Trinajstić information content (AvgIpc) is 2.13. The van der Waals surface area contributed by atoms with E-state index in [1.54, 1.807) is 19.9 Å². The summed E-state index contributed by atoms with van der Waals surface area (Å²) in [5.74, 6) is -1.62. The molecule has 1 unspecified atom stereocenters. The second-order valence-electron chi connectivity index (χ2n) is 3.57. The normalized spacial score (nSPS) is 11.9. The fraction of sp³-hybridized carbons (Fsp3) is 0.400. The van der Waals surface area contributed by atoms with Crippen LogP contribution in [0.2, 0.25) is 0 Å². The fourth-order valence-corrected chi connectivity index (χ4v) is 1.34. The molecule has 0 aliphatic heterocycles. The van der Waals surface area contributed by atoms with Crippen LogP contribution < -0.4 is 5.32 Å². The first-order chi connectivity index (χ1) is 7.88. The first kappa shape index (κ1) is 12.9. The Morgan fingerprint density at radius 3 is 2.47 bits per heavy atom. The number of carbonyl (C=O) groups is 2. The minimum atomic E-state index is -1.23. The van der Waals surface area contributed by atoms with Gasteiger partial charge in [0.25, 0.3) is 0 Å². The molecule has 1 aromatic rings. The largest absolute Gasteiger partial charge is 0.481 e. The second kappa shape index (κ2) is 5.24. The van der Waals surface area contributed by atoms with Gasteiger partial charge in [-0.05, 0) is 13.8 Å². The molecule has 0 aliphatic carbocycles. The van der Waals surface area contributed by atoms with Crippen molar-refractivity contribution in [3.8, 4) is 0 Å². The monoisotopic (exact) mass is 239 g/mol. The van der Waals surface area contributed by atoms with E-state index in [0.29, 0.717) is 17.3 Å². The number of carboxylic acid groups (broad SMARTS) is 2. The highest BCUT2D eigenvalue weighted by Crippen LogP contribution is 2.09. The lowest BCUT2D eigenvalue weighted by molar-refractivity contribution is -0.144. The lowest BCUT2D eigenvalue weighted by Crippen LogP contribution is -2.32. The molecule has 1 aromatic heterocycles. The van der Waals surface area contributed by atoms with Gasteiger partial charge in [0.15, 0.2) is 0 Å². The van der Waals surface area contributed by atoms with Crippen LogP contribution in [0.5, 0.6) is 0 Å². The predicted octanol–water partition coefficient (Wildman–Crippen LogP) is 0.433. The molecule has 7 nitrogen and oxygen atoms in total. The standard InChI is InChI=1S/C10H13N3O4/c1-5-3-8(12-6(2)11-5)13-7(10(16)17)4-9(14)15/h3,7H,4H2,1-2H3,(H,14,15)(H,16,17)(H,11,12,13). The zero-order valence-electron chi connectivity index (χ0n) is 9.47. The minimum absolute atomic E-state index is 0.309. The Morgan fingerprint density at radius 2 is 2.00 bits per heavy atom. The molecule has 92 valence electrons. The predicted molar refractivity (Wildman–Crippen MR) is 58.8 cm³/mol. The van der Waals surface area contributed by atoms with Crippen molar-refractivity contribution in [2.45, 2.75) is 26.3 Å². The van der Waals surface area contributed by atoms with Crippen LogP contribution in [0, 0.1) is 13.8 Å². The molecule has 0 amide bonds. The van der Waals surface area contributed by atoms with Crippen molar-refractivity contribution in [1.29, 1.82) is 0 Å². The SMILES string of the molecule is Cc1cc(NC(CC(=O)O)C(=O)O)nc(C)n1. The fourth-order valence-electron chi connectivity index (χ4n) is 1.34. The van der Waals surface area contributed by atoms with Crippen LogP contribution in [-0.2, 0) is 9.59 Å². The Labute approximate surface area is 97.5 Å². The second-order valence-corrected chi connectivity index (χ2v) is 3.57. The third-order valence-corrected chi connectivity index (χ3v) is 1.96. The van der Waals surface area contributed by atoms with E-state index in [9.17, 15) is 9.59 Å². The number of hydrogen-bond acceptors (Lipinski definition) is 5.